The minimum Gasteiger partial charge on any atom is -0.349 e. The van der Waals surface area contributed by atoms with Crippen LogP contribution in [-0.2, 0) is 11.2 Å². The first-order chi connectivity index (χ1) is 10.1. The molecule has 0 saturated carbocycles. The van der Waals surface area contributed by atoms with E-state index in [4.69, 9.17) is 0 Å². The molecule has 2 aromatic heterocycles. The van der Waals surface area contributed by atoms with E-state index < -0.39 is 0 Å². The fourth-order valence-corrected chi connectivity index (χ4v) is 3.57. The third-order valence-corrected chi connectivity index (χ3v) is 4.73. The number of carbonyl (C=O) groups is 1. The van der Waals surface area contributed by atoms with Gasteiger partial charge in [0.05, 0.1) is 18.2 Å². The third kappa shape index (κ3) is 3.16. The molecule has 1 atom stereocenters. The molecule has 108 valence electrons. The Morgan fingerprint density at radius 1 is 1.48 bits per heavy atom. The van der Waals surface area contributed by atoms with Gasteiger partial charge in [-0.05, 0) is 18.6 Å². The van der Waals surface area contributed by atoms with Crippen molar-refractivity contribution in [2.24, 2.45) is 0 Å². The topological polar surface area (TPSA) is 46.4 Å². The molecule has 2 heterocycles. The molecule has 4 nitrogen and oxygen atoms in total. The van der Waals surface area contributed by atoms with Crippen LogP contribution in [0.2, 0.25) is 0 Å². The van der Waals surface area contributed by atoms with Gasteiger partial charge in [-0.25, -0.2) is 4.98 Å². The molecule has 3 rings (SSSR count). The molecule has 0 spiro atoms. The van der Waals surface area contributed by atoms with Gasteiger partial charge in [-0.2, -0.15) is 0 Å². The van der Waals surface area contributed by atoms with Crippen molar-refractivity contribution in [1.82, 2.24) is 14.7 Å². The number of hydrogen-bond donors (Lipinski definition) is 1. The summed E-state index contributed by atoms with van der Waals surface area (Å²) in [7, 11) is 0. The van der Waals surface area contributed by atoms with Crippen LogP contribution in [0.1, 0.15) is 24.2 Å². The maximum absolute atomic E-state index is 12.1. The number of thiazole rings is 1. The lowest BCUT2D eigenvalue weighted by Crippen LogP contribution is -2.28. The van der Waals surface area contributed by atoms with E-state index in [1.165, 1.54) is 0 Å². The Bertz CT molecular complexity index is 751. The molecule has 0 aliphatic rings. The minimum atomic E-state index is -0.0446. The van der Waals surface area contributed by atoms with E-state index >= 15 is 0 Å². The zero-order valence-corrected chi connectivity index (χ0v) is 13.8. The van der Waals surface area contributed by atoms with Crippen LogP contribution in [-0.4, -0.2) is 15.3 Å². The second-order valence-corrected chi connectivity index (χ2v) is 6.54. The predicted octanol–water partition coefficient (Wildman–Crippen LogP) is 3.58. The highest BCUT2D eigenvalue weighted by atomic mass is 79.9. The Morgan fingerprint density at radius 2 is 2.29 bits per heavy atom. The number of amides is 1. The van der Waals surface area contributed by atoms with E-state index in [0.29, 0.717) is 6.42 Å². The normalized spacial score (nSPS) is 12.5. The lowest BCUT2D eigenvalue weighted by atomic mass is 10.1. The summed E-state index contributed by atoms with van der Waals surface area (Å²) in [5, 5.41) is 4.98. The summed E-state index contributed by atoms with van der Waals surface area (Å²) in [5.41, 5.74) is 1.86. The lowest BCUT2D eigenvalue weighted by Gasteiger charge is -2.15. The highest BCUT2D eigenvalue weighted by Gasteiger charge is 2.13. The van der Waals surface area contributed by atoms with E-state index in [2.05, 4.69) is 26.2 Å². The monoisotopic (exact) mass is 363 g/mol. The van der Waals surface area contributed by atoms with Gasteiger partial charge in [0.25, 0.3) is 0 Å². The fraction of sp³-hybridized carbons (Fsp3) is 0.200. The Labute approximate surface area is 135 Å². The zero-order valence-electron chi connectivity index (χ0n) is 11.4. The van der Waals surface area contributed by atoms with Gasteiger partial charge in [0.2, 0.25) is 5.91 Å². The van der Waals surface area contributed by atoms with Gasteiger partial charge in [-0.3, -0.25) is 9.20 Å². The molecule has 6 heteroatoms. The second kappa shape index (κ2) is 5.99. The van der Waals surface area contributed by atoms with Gasteiger partial charge < -0.3 is 5.32 Å². The van der Waals surface area contributed by atoms with Gasteiger partial charge in [-0.15, -0.1) is 11.3 Å². The van der Waals surface area contributed by atoms with Crippen LogP contribution >= 0.6 is 27.3 Å². The first kappa shape index (κ1) is 14.3. The fourth-order valence-electron chi connectivity index (χ4n) is 2.22. The summed E-state index contributed by atoms with van der Waals surface area (Å²) in [4.78, 5) is 17.5. The number of hydrogen-bond acceptors (Lipinski definition) is 3. The van der Waals surface area contributed by atoms with Crippen LogP contribution in [0.15, 0.2) is 46.5 Å². The smallest absolute Gasteiger partial charge is 0.226 e. The van der Waals surface area contributed by atoms with Crippen LogP contribution in [0.25, 0.3) is 4.96 Å². The molecule has 0 aliphatic heterocycles. The van der Waals surface area contributed by atoms with E-state index in [0.717, 1.165) is 20.7 Å². The molecule has 1 N–H and O–H groups in total. The first-order valence-electron chi connectivity index (χ1n) is 6.58. The largest absolute Gasteiger partial charge is 0.349 e. The molecule has 0 saturated heterocycles. The number of nitrogens with one attached hydrogen (secondary N) is 1. The van der Waals surface area contributed by atoms with E-state index in [-0.39, 0.29) is 11.9 Å². The van der Waals surface area contributed by atoms with Gasteiger partial charge in [0.1, 0.15) is 0 Å². The maximum atomic E-state index is 12.1. The molecule has 21 heavy (non-hydrogen) atoms. The third-order valence-electron chi connectivity index (χ3n) is 3.23. The van der Waals surface area contributed by atoms with Crippen molar-refractivity contribution in [2.75, 3.05) is 0 Å². The molecular weight excluding hydrogens is 350 g/mol. The van der Waals surface area contributed by atoms with Gasteiger partial charge in [0, 0.05) is 22.2 Å². The molecule has 0 bridgehead atoms. The molecule has 0 radical (unpaired) electrons. The average Bonchev–Trinajstić information content (AvgIpc) is 2.99. The van der Waals surface area contributed by atoms with Crippen molar-refractivity contribution in [3.8, 4) is 0 Å². The second-order valence-electron chi connectivity index (χ2n) is 4.81. The van der Waals surface area contributed by atoms with Crippen LogP contribution in [0.4, 0.5) is 0 Å². The molecule has 0 aliphatic carbocycles. The van der Waals surface area contributed by atoms with Crippen LogP contribution in [0.5, 0.6) is 0 Å². The standard InChI is InChI=1S/C15H14BrN3OS/c1-10(12-4-2-3-5-13(12)16)17-14(20)8-11-9-19-6-7-21-15(19)18-11/h2-7,9-10H,8H2,1H3,(H,17,20)/t10-/m0/s1. The number of nitrogens with zero attached hydrogens (tertiary/aromatic N) is 2. The number of halogens is 1. The van der Waals surface area contributed by atoms with Gasteiger partial charge in [0.15, 0.2) is 4.96 Å². The Morgan fingerprint density at radius 3 is 3.05 bits per heavy atom. The summed E-state index contributed by atoms with van der Waals surface area (Å²) < 4.78 is 2.94. The Hall–Kier alpha value is -1.66. The van der Waals surface area contributed by atoms with E-state index in [1.807, 2.05) is 53.4 Å². The summed E-state index contributed by atoms with van der Waals surface area (Å²) in [6.45, 7) is 1.98. The number of aromatic nitrogens is 2. The van der Waals surface area contributed by atoms with Crippen LogP contribution in [0, 0.1) is 0 Å². The van der Waals surface area contributed by atoms with E-state index in [9.17, 15) is 4.79 Å². The maximum Gasteiger partial charge on any atom is 0.226 e. The number of carbonyl (C=O) groups excluding carboxylic acids is 1. The quantitative estimate of drug-likeness (QED) is 0.769. The van der Waals surface area contributed by atoms with Crippen molar-refractivity contribution >= 4 is 38.1 Å². The summed E-state index contributed by atoms with van der Waals surface area (Å²) >= 11 is 5.07. The van der Waals surface area contributed by atoms with Crippen molar-refractivity contribution < 1.29 is 4.79 Å². The predicted molar refractivity (Wildman–Crippen MR) is 87.5 cm³/mol. The SMILES string of the molecule is C[C@H](NC(=O)Cc1cn2ccsc2n1)c1ccccc1Br. The Kier molecular flexibility index (Phi) is 4.07. The summed E-state index contributed by atoms with van der Waals surface area (Å²) in [6.07, 6.45) is 4.13. The molecule has 1 aromatic carbocycles. The molecule has 0 unspecified atom stereocenters. The van der Waals surface area contributed by atoms with Crippen molar-refractivity contribution in [1.29, 1.82) is 0 Å². The zero-order chi connectivity index (χ0) is 14.8. The van der Waals surface area contributed by atoms with Gasteiger partial charge >= 0.3 is 0 Å². The average molecular weight is 364 g/mol. The molecule has 1 amide bonds. The Balaban J connectivity index is 1.66. The van der Waals surface area contributed by atoms with Crippen molar-refractivity contribution in [3.05, 3.63) is 57.8 Å². The number of benzene rings is 1. The van der Waals surface area contributed by atoms with Crippen LogP contribution < -0.4 is 5.32 Å². The van der Waals surface area contributed by atoms with Crippen molar-refractivity contribution in [2.45, 2.75) is 19.4 Å². The van der Waals surface area contributed by atoms with Gasteiger partial charge in [-0.1, -0.05) is 34.1 Å². The minimum absolute atomic E-state index is 0.0241. The molecular formula is C15H14BrN3OS. The lowest BCUT2D eigenvalue weighted by molar-refractivity contribution is -0.121. The van der Waals surface area contributed by atoms with E-state index in [1.54, 1.807) is 11.3 Å². The molecule has 3 aromatic rings. The summed E-state index contributed by atoms with van der Waals surface area (Å²) in [6, 6.07) is 7.85. The number of imidazole rings is 1. The highest BCUT2D eigenvalue weighted by Crippen LogP contribution is 2.22. The van der Waals surface area contributed by atoms with Crippen LogP contribution in [0.3, 0.4) is 0 Å². The first-order valence-corrected chi connectivity index (χ1v) is 8.25. The molecule has 0 fully saturated rings. The van der Waals surface area contributed by atoms with Crippen molar-refractivity contribution in [3.63, 3.8) is 0 Å². The number of rotatable bonds is 4. The highest BCUT2D eigenvalue weighted by molar-refractivity contribution is 9.10. The summed E-state index contributed by atoms with van der Waals surface area (Å²) in [5.74, 6) is -0.0241. The number of fused-ring (bicyclic) bond motifs is 1.